The summed E-state index contributed by atoms with van der Waals surface area (Å²) >= 11 is 0. The van der Waals surface area contributed by atoms with Gasteiger partial charge in [-0.05, 0) is 37.3 Å². The number of hydrogen-bond donors (Lipinski definition) is 1. The number of methoxy groups -OCH3 is 2. The molecule has 3 rings (SSSR count). The van der Waals surface area contributed by atoms with Gasteiger partial charge in [0.05, 0.1) is 20.3 Å². The van der Waals surface area contributed by atoms with Crippen LogP contribution in [0.5, 0.6) is 11.5 Å². The lowest BCUT2D eigenvalue weighted by Crippen LogP contribution is -2.26. The first-order valence-electron chi connectivity index (χ1n) is 8.27. The van der Waals surface area contributed by atoms with E-state index in [-0.39, 0.29) is 17.6 Å². The van der Waals surface area contributed by atoms with Gasteiger partial charge in [-0.3, -0.25) is 4.79 Å². The number of amides is 1. The number of hydrogen-bond acceptors (Lipinski definition) is 5. The van der Waals surface area contributed by atoms with E-state index in [2.05, 4.69) is 10.5 Å². The molecule has 0 aliphatic heterocycles. The number of carbonyl (C=O) groups excluding carboxylic acids is 1. The highest BCUT2D eigenvalue weighted by atomic mass is 19.1. The summed E-state index contributed by atoms with van der Waals surface area (Å²) in [5.74, 6) is 0.479. The Morgan fingerprint density at radius 1 is 1.15 bits per heavy atom. The zero-order valence-electron chi connectivity index (χ0n) is 15.2. The van der Waals surface area contributed by atoms with E-state index in [1.54, 1.807) is 44.6 Å². The average molecular weight is 370 g/mol. The number of rotatable bonds is 6. The number of carbonyl (C=O) groups is 1. The molecule has 3 aromatic rings. The lowest BCUT2D eigenvalue weighted by Gasteiger charge is -2.17. The van der Waals surface area contributed by atoms with Crippen LogP contribution in [-0.4, -0.2) is 25.3 Å². The number of halogens is 1. The summed E-state index contributed by atoms with van der Waals surface area (Å²) in [5, 5.41) is 6.67. The Bertz CT molecular complexity index is 955. The standard InChI is InChI=1S/C20H19FN2O4/c1-12(16-10-15(25-2)7-8-18(16)26-3)22-20(24)19-11-17(23-27-19)13-5-4-6-14(21)9-13/h4-12H,1-3H3,(H,22,24). The summed E-state index contributed by atoms with van der Waals surface area (Å²) in [7, 11) is 3.12. The summed E-state index contributed by atoms with van der Waals surface area (Å²) in [6, 6.07) is 12.4. The Morgan fingerprint density at radius 3 is 2.67 bits per heavy atom. The summed E-state index contributed by atoms with van der Waals surface area (Å²) in [5.41, 5.74) is 1.67. The third kappa shape index (κ3) is 4.08. The van der Waals surface area contributed by atoms with Gasteiger partial charge in [-0.25, -0.2) is 4.39 Å². The van der Waals surface area contributed by atoms with Crippen LogP contribution in [0.25, 0.3) is 11.3 Å². The normalized spacial score (nSPS) is 11.7. The maximum atomic E-state index is 13.4. The topological polar surface area (TPSA) is 73.6 Å². The quantitative estimate of drug-likeness (QED) is 0.710. The van der Waals surface area contributed by atoms with Crippen LogP contribution in [-0.2, 0) is 0 Å². The SMILES string of the molecule is COc1ccc(OC)c(C(C)NC(=O)c2cc(-c3cccc(F)c3)no2)c1. The number of ether oxygens (including phenoxy) is 2. The summed E-state index contributed by atoms with van der Waals surface area (Å²) in [6.07, 6.45) is 0. The van der Waals surface area contributed by atoms with Crippen LogP contribution in [0.3, 0.4) is 0 Å². The van der Waals surface area contributed by atoms with Gasteiger partial charge in [-0.1, -0.05) is 17.3 Å². The maximum Gasteiger partial charge on any atom is 0.290 e. The molecule has 1 unspecified atom stereocenters. The molecule has 0 saturated carbocycles. The molecule has 27 heavy (non-hydrogen) atoms. The molecule has 1 heterocycles. The zero-order chi connectivity index (χ0) is 19.4. The second-order valence-electron chi connectivity index (χ2n) is 5.89. The van der Waals surface area contributed by atoms with Gasteiger partial charge in [0.2, 0.25) is 5.76 Å². The third-order valence-electron chi connectivity index (χ3n) is 4.11. The first-order chi connectivity index (χ1) is 13.0. The summed E-state index contributed by atoms with van der Waals surface area (Å²) in [6.45, 7) is 1.82. The van der Waals surface area contributed by atoms with Crippen molar-refractivity contribution in [2.75, 3.05) is 14.2 Å². The monoisotopic (exact) mass is 370 g/mol. The van der Waals surface area contributed by atoms with Crippen LogP contribution in [0.15, 0.2) is 53.1 Å². The molecule has 1 aromatic heterocycles. The van der Waals surface area contributed by atoms with Crippen LogP contribution in [0.2, 0.25) is 0 Å². The fourth-order valence-electron chi connectivity index (χ4n) is 2.69. The molecular formula is C20H19FN2O4. The van der Waals surface area contributed by atoms with Crippen LogP contribution in [0.1, 0.15) is 29.1 Å². The number of nitrogens with zero attached hydrogens (tertiary/aromatic N) is 1. The number of aromatic nitrogens is 1. The van der Waals surface area contributed by atoms with Gasteiger partial charge in [0.25, 0.3) is 5.91 Å². The van der Waals surface area contributed by atoms with Gasteiger partial charge in [0, 0.05) is 17.2 Å². The molecule has 0 radical (unpaired) electrons. The van der Waals surface area contributed by atoms with Gasteiger partial charge < -0.3 is 19.3 Å². The van der Waals surface area contributed by atoms with Crippen LogP contribution in [0, 0.1) is 5.82 Å². The molecule has 7 heteroatoms. The molecule has 0 aliphatic carbocycles. The number of nitrogens with one attached hydrogen (secondary N) is 1. The van der Waals surface area contributed by atoms with Crippen molar-refractivity contribution in [3.63, 3.8) is 0 Å². The predicted octanol–water partition coefficient (Wildman–Crippen LogP) is 3.99. The van der Waals surface area contributed by atoms with Crippen molar-refractivity contribution in [3.05, 3.63) is 65.7 Å². The van der Waals surface area contributed by atoms with Crippen LogP contribution < -0.4 is 14.8 Å². The smallest absolute Gasteiger partial charge is 0.290 e. The van der Waals surface area contributed by atoms with Crippen molar-refractivity contribution in [2.45, 2.75) is 13.0 Å². The second kappa shape index (κ2) is 7.90. The van der Waals surface area contributed by atoms with Gasteiger partial charge in [0.15, 0.2) is 0 Å². The van der Waals surface area contributed by atoms with Gasteiger partial charge in [-0.15, -0.1) is 0 Å². The van der Waals surface area contributed by atoms with E-state index in [9.17, 15) is 9.18 Å². The molecule has 1 amide bonds. The van der Waals surface area contributed by atoms with Gasteiger partial charge in [0.1, 0.15) is 23.0 Å². The highest BCUT2D eigenvalue weighted by Gasteiger charge is 2.19. The Labute approximate surface area is 155 Å². The van der Waals surface area contributed by atoms with E-state index in [1.165, 1.54) is 18.2 Å². The lowest BCUT2D eigenvalue weighted by molar-refractivity contribution is 0.0902. The van der Waals surface area contributed by atoms with E-state index in [4.69, 9.17) is 14.0 Å². The van der Waals surface area contributed by atoms with Gasteiger partial charge >= 0.3 is 0 Å². The minimum atomic E-state index is -0.442. The molecule has 0 fully saturated rings. The van der Waals surface area contributed by atoms with E-state index >= 15 is 0 Å². The Kier molecular flexibility index (Phi) is 5.40. The molecular weight excluding hydrogens is 351 g/mol. The van der Waals surface area contributed by atoms with Crippen LogP contribution >= 0.6 is 0 Å². The van der Waals surface area contributed by atoms with Crippen molar-refractivity contribution in [1.82, 2.24) is 10.5 Å². The molecule has 140 valence electrons. The number of benzene rings is 2. The first-order valence-corrected chi connectivity index (χ1v) is 8.27. The van der Waals surface area contributed by atoms with E-state index < -0.39 is 5.91 Å². The summed E-state index contributed by atoms with van der Waals surface area (Å²) < 4.78 is 29.0. The highest BCUT2D eigenvalue weighted by molar-refractivity contribution is 5.92. The molecule has 0 spiro atoms. The largest absolute Gasteiger partial charge is 0.497 e. The van der Waals surface area contributed by atoms with E-state index in [1.807, 2.05) is 6.92 Å². The molecule has 1 atom stereocenters. The van der Waals surface area contributed by atoms with Gasteiger partial charge in [-0.2, -0.15) is 0 Å². The second-order valence-corrected chi connectivity index (χ2v) is 5.89. The van der Waals surface area contributed by atoms with Crippen molar-refractivity contribution in [1.29, 1.82) is 0 Å². The van der Waals surface area contributed by atoms with Crippen molar-refractivity contribution < 1.29 is 23.2 Å². The Morgan fingerprint density at radius 2 is 1.96 bits per heavy atom. The molecule has 2 aromatic carbocycles. The fraction of sp³-hybridized carbons (Fsp3) is 0.200. The van der Waals surface area contributed by atoms with E-state index in [0.29, 0.717) is 22.8 Å². The Balaban J connectivity index is 1.78. The molecule has 1 N–H and O–H groups in total. The molecule has 0 bridgehead atoms. The predicted molar refractivity (Wildman–Crippen MR) is 97.3 cm³/mol. The Hall–Kier alpha value is -3.35. The van der Waals surface area contributed by atoms with Crippen LogP contribution in [0.4, 0.5) is 4.39 Å². The van der Waals surface area contributed by atoms with E-state index in [0.717, 1.165) is 5.56 Å². The van der Waals surface area contributed by atoms with Crippen molar-refractivity contribution >= 4 is 5.91 Å². The third-order valence-corrected chi connectivity index (χ3v) is 4.11. The van der Waals surface area contributed by atoms with Crippen molar-refractivity contribution in [3.8, 4) is 22.8 Å². The minimum Gasteiger partial charge on any atom is -0.497 e. The molecule has 6 nitrogen and oxygen atoms in total. The summed E-state index contributed by atoms with van der Waals surface area (Å²) in [4.78, 5) is 12.5. The molecule has 0 aliphatic rings. The minimum absolute atomic E-state index is 0.0305. The zero-order valence-corrected chi connectivity index (χ0v) is 15.2. The highest BCUT2D eigenvalue weighted by Crippen LogP contribution is 2.29. The van der Waals surface area contributed by atoms with Crippen molar-refractivity contribution in [2.24, 2.45) is 0 Å². The first kappa shape index (κ1) is 18.4. The maximum absolute atomic E-state index is 13.4. The molecule has 0 saturated heterocycles. The lowest BCUT2D eigenvalue weighted by atomic mass is 10.1. The fourth-order valence-corrected chi connectivity index (χ4v) is 2.69. The average Bonchev–Trinajstić information content (AvgIpc) is 3.17.